The molecule has 4 rings (SSSR count). The van der Waals surface area contributed by atoms with Gasteiger partial charge in [0.25, 0.3) is 5.91 Å². The lowest BCUT2D eigenvalue weighted by atomic mass is 10.2. The molecular formula is C26H27N3O4S. The SMILES string of the molecule is CC(=O)N(C)C1CCN(c2ccc(NC(=O)c3ccc(S(=O)(=O)c4ccccc4)cc3)cc2)C1. The Bertz CT molecular complexity index is 1270. The minimum atomic E-state index is -3.63. The Balaban J connectivity index is 1.39. The highest BCUT2D eigenvalue weighted by atomic mass is 32.2. The van der Waals surface area contributed by atoms with Crippen LogP contribution in [0.2, 0.25) is 0 Å². The fourth-order valence-corrected chi connectivity index (χ4v) is 5.31. The van der Waals surface area contributed by atoms with E-state index in [4.69, 9.17) is 0 Å². The first-order chi connectivity index (χ1) is 16.3. The monoisotopic (exact) mass is 477 g/mol. The molecule has 1 N–H and O–H groups in total. The number of hydrogen-bond donors (Lipinski definition) is 1. The average Bonchev–Trinajstić information content (AvgIpc) is 3.35. The molecular weight excluding hydrogens is 450 g/mol. The van der Waals surface area contributed by atoms with Gasteiger partial charge in [0.15, 0.2) is 0 Å². The molecule has 7 nitrogen and oxygen atoms in total. The zero-order valence-electron chi connectivity index (χ0n) is 19.1. The Kier molecular flexibility index (Phi) is 6.70. The van der Waals surface area contributed by atoms with Gasteiger partial charge in [-0.2, -0.15) is 0 Å². The van der Waals surface area contributed by atoms with E-state index in [9.17, 15) is 18.0 Å². The zero-order chi connectivity index (χ0) is 24.3. The number of likely N-dealkylation sites (N-methyl/N-ethyl adjacent to an activating group) is 1. The molecule has 0 aromatic heterocycles. The molecule has 0 radical (unpaired) electrons. The van der Waals surface area contributed by atoms with Crippen molar-refractivity contribution in [3.8, 4) is 0 Å². The lowest BCUT2D eigenvalue weighted by Gasteiger charge is -2.24. The molecule has 2 amide bonds. The number of sulfone groups is 1. The number of nitrogens with zero attached hydrogens (tertiary/aromatic N) is 2. The normalized spacial score (nSPS) is 15.7. The maximum atomic E-state index is 12.7. The molecule has 3 aromatic carbocycles. The second-order valence-corrected chi connectivity index (χ2v) is 10.3. The second kappa shape index (κ2) is 9.69. The summed E-state index contributed by atoms with van der Waals surface area (Å²) in [7, 11) is -1.79. The Morgan fingerprint density at radius 2 is 1.53 bits per heavy atom. The highest BCUT2D eigenvalue weighted by Crippen LogP contribution is 2.25. The third kappa shape index (κ3) is 4.97. The number of anilines is 2. The van der Waals surface area contributed by atoms with Crippen LogP contribution in [-0.2, 0) is 14.6 Å². The molecule has 1 aliphatic rings. The van der Waals surface area contributed by atoms with Gasteiger partial charge < -0.3 is 15.1 Å². The number of rotatable bonds is 6. The summed E-state index contributed by atoms with van der Waals surface area (Å²) in [6.45, 7) is 3.22. The van der Waals surface area contributed by atoms with Gasteiger partial charge in [-0.15, -0.1) is 0 Å². The first kappa shape index (κ1) is 23.5. The molecule has 1 unspecified atom stereocenters. The van der Waals surface area contributed by atoms with Gasteiger partial charge in [0.05, 0.1) is 15.8 Å². The van der Waals surface area contributed by atoms with Gasteiger partial charge in [-0.05, 0) is 67.1 Å². The second-order valence-electron chi connectivity index (χ2n) is 8.36. The van der Waals surface area contributed by atoms with Crippen molar-refractivity contribution in [1.82, 2.24) is 4.90 Å². The van der Waals surface area contributed by atoms with Crippen molar-refractivity contribution in [2.45, 2.75) is 29.2 Å². The first-order valence-electron chi connectivity index (χ1n) is 11.1. The van der Waals surface area contributed by atoms with Gasteiger partial charge in [0.2, 0.25) is 15.7 Å². The van der Waals surface area contributed by atoms with Crippen LogP contribution in [0, 0.1) is 0 Å². The molecule has 0 saturated carbocycles. The lowest BCUT2D eigenvalue weighted by molar-refractivity contribution is -0.129. The molecule has 1 aliphatic heterocycles. The topological polar surface area (TPSA) is 86.8 Å². The van der Waals surface area contributed by atoms with E-state index >= 15 is 0 Å². The molecule has 0 aliphatic carbocycles. The first-order valence-corrected chi connectivity index (χ1v) is 12.5. The average molecular weight is 478 g/mol. The van der Waals surface area contributed by atoms with Crippen LogP contribution in [-0.4, -0.2) is 51.3 Å². The number of amides is 2. The van der Waals surface area contributed by atoms with Crippen LogP contribution >= 0.6 is 0 Å². The van der Waals surface area contributed by atoms with Crippen LogP contribution in [0.3, 0.4) is 0 Å². The van der Waals surface area contributed by atoms with Gasteiger partial charge in [0.1, 0.15) is 0 Å². The van der Waals surface area contributed by atoms with E-state index in [-0.39, 0.29) is 27.6 Å². The van der Waals surface area contributed by atoms with Gasteiger partial charge >= 0.3 is 0 Å². The molecule has 1 atom stereocenters. The molecule has 1 heterocycles. The largest absolute Gasteiger partial charge is 0.369 e. The quantitative estimate of drug-likeness (QED) is 0.583. The maximum absolute atomic E-state index is 12.7. The van der Waals surface area contributed by atoms with Gasteiger partial charge in [0, 0.05) is 44.0 Å². The van der Waals surface area contributed by atoms with E-state index in [1.54, 1.807) is 42.2 Å². The predicted molar refractivity (Wildman–Crippen MR) is 132 cm³/mol. The molecule has 0 spiro atoms. The van der Waals surface area contributed by atoms with E-state index < -0.39 is 9.84 Å². The zero-order valence-corrected chi connectivity index (χ0v) is 20.0. The van der Waals surface area contributed by atoms with Crippen LogP contribution in [0.15, 0.2) is 88.7 Å². The van der Waals surface area contributed by atoms with E-state index in [1.807, 2.05) is 31.3 Å². The van der Waals surface area contributed by atoms with Crippen molar-refractivity contribution < 1.29 is 18.0 Å². The fraction of sp³-hybridized carbons (Fsp3) is 0.231. The number of nitrogens with one attached hydrogen (secondary N) is 1. The van der Waals surface area contributed by atoms with Crippen LogP contribution in [0.5, 0.6) is 0 Å². The van der Waals surface area contributed by atoms with Crippen molar-refractivity contribution in [3.05, 3.63) is 84.4 Å². The summed E-state index contributed by atoms with van der Waals surface area (Å²) in [5, 5.41) is 2.85. The highest BCUT2D eigenvalue weighted by molar-refractivity contribution is 7.91. The third-order valence-corrected chi connectivity index (χ3v) is 7.96. The lowest BCUT2D eigenvalue weighted by Crippen LogP contribution is -2.37. The van der Waals surface area contributed by atoms with E-state index in [2.05, 4.69) is 10.2 Å². The Hall–Kier alpha value is -3.65. The predicted octanol–water partition coefficient (Wildman–Crippen LogP) is 3.83. The molecule has 176 valence electrons. The van der Waals surface area contributed by atoms with Crippen molar-refractivity contribution in [1.29, 1.82) is 0 Å². The van der Waals surface area contributed by atoms with Crippen LogP contribution in [0.4, 0.5) is 11.4 Å². The highest BCUT2D eigenvalue weighted by Gasteiger charge is 2.27. The van der Waals surface area contributed by atoms with E-state index in [0.717, 1.165) is 25.2 Å². The maximum Gasteiger partial charge on any atom is 0.255 e. The molecule has 0 bridgehead atoms. The Morgan fingerprint density at radius 1 is 0.912 bits per heavy atom. The summed E-state index contributed by atoms with van der Waals surface area (Å²) in [5.41, 5.74) is 2.05. The summed E-state index contributed by atoms with van der Waals surface area (Å²) in [4.78, 5) is 28.6. The van der Waals surface area contributed by atoms with Gasteiger partial charge in [-0.25, -0.2) is 8.42 Å². The summed E-state index contributed by atoms with van der Waals surface area (Å²) < 4.78 is 25.4. The third-order valence-electron chi connectivity index (χ3n) is 6.18. The number of hydrogen-bond acceptors (Lipinski definition) is 5. The summed E-state index contributed by atoms with van der Waals surface area (Å²) in [6.07, 6.45) is 0.921. The molecule has 34 heavy (non-hydrogen) atoms. The Labute approximate surface area is 199 Å². The van der Waals surface area contributed by atoms with Crippen molar-refractivity contribution in [3.63, 3.8) is 0 Å². The van der Waals surface area contributed by atoms with E-state index in [0.29, 0.717) is 11.3 Å². The molecule has 3 aromatic rings. The smallest absolute Gasteiger partial charge is 0.255 e. The van der Waals surface area contributed by atoms with Crippen molar-refractivity contribution >= 4 is 33.0 Å². The fourth-order valence-electron chi connectivity index (χ4n) is 4.03. The van der Waals surface area contributed by atoms with Crippen molar-refractivity contribution in [2.24, 2.45) is 0 Å². The van der Waals surface area contributed by atoms with E-state index in [1.165, 1.54) is 24.3 Å². The van der Waals surface area contributed by atoms with Gasteiger partial charge in [-0.1, -0.05) is 18.2 Å². The number of carbonyl (C=O) groups is 2. The summed E-state index contributed by atoms with van der Waals surface area (Å²) >= 11 is 0. The van der Waals surface area contributed by atoms with Crippen LogP contribution in [0.1, 0.15) is 23.7 Å². The van der Waals surface area contributed by atoms with Gasteiger partial charge in [-0.3, -0.25) is 9.59 Å². The molecule has 1 fully saturated rings. The van der Waals surface area contributed by atoms with Crippen LogP contribution in [0.25, 0.3) is 0 Å². The van der Waals surface area contributed by atoms with Crippen LogP contribution < -0.4 is 10.2 Å². The molecule has 1 saturated heterocycles. The van der Waals surface area contributed by atoms with Crippen molar-refractivity contribution in [2.75, 3.05) is 30.4 Å². The minimum absolute atomic E-state index is 0.0654. The summed E-state index contributed by atoms with van der Waals surface area (Å²) in [6, 6.07) is 21.9. The standard InChI is InChI=1S/C26H27N3O4S/c1-19(30)28(2)23-16-17-29(18-23)22-12-10-21(11-13-22)27-26(31)20-8-14-25(15-9-20)34(32,33)24-6-4-3-5-7-24/h3-15,23H,16-18H2,1-2H3,(H,27,31). The number of carbonyl (C=O) groups excluding carboxylic acids is 2. The minimum Gasteiger partial charge on any atom is -0.369 e. The Morgan fingerprint density at radius 3 is 2.15 bits per heavy atom. The summed E-state index contributed by atoms with van der Waals surface area (Å²) in [5.74, 6) is -0.253. The molecule has 8 heteroatoms. The number of benzene rings is 3.